The van der Waals surface area contributed by atoms with Crippen molar-refractivity contribution in [3.8, 4) is 44.5 Å². The van der Waals surface area contributed by atoms with Crippen LogP contribution < -0.4 is 8.79 Å². The monoisotopic (exact) mass is 980 g/mol. The minimum absolute atomic E-state index is 0. The molecule has 4 heteroatoms. The van der Waals surface area contributed by atoms with E-state index in [0.29, 0.717) is 47.3 Å². The fourth-order valence-electron chi connectivity index (χ4n) is 9.39. The molecule has 64 heavy (non-hydrogen) atoms. The molecule has 6 radical (unpaired) electrons. The molecule has 338 valence electrons. The van der Waals surface area contributed by atoms with Gasteiger partial charge in [-0.05, 0) is 0 Å². The predicted octanol–water partition coefficient (Wildman–Crippen LogP) is 14.8. The van der Waals surface area contributed by atoms with Crippen molar-refractivity contribution in [3.63, 3.8) is 0 Å². The second-order valence-corrected chi connectivity index (χ2v) is 22.0. The maximum Gasteiger partial charge on any atom is -0.457 e. The van der Waals surface area contributed by atoms with Gasteiger partial charge >= 0.3 is 398 Å². The quantitative estimate of drug-likeness (QED) is 0.0866. The fraction of sp³-hybridized carbons (Fsp3) is 0.400. The molecule has 0 bridgehead atoms. The van der Waals surface area contributed by atoms with Crippen LogP contribution in [0.5, 0.6) is 0 Å². The molecule has 2 nitrogen and oxygen atoms in total. The summed E-state index contributed by atoms with van der Waals surface area (Å²) in [4.78, 5) is 0. The van der Waals surface area contributed by atoms with E-state index in [-0.39, 0.29) is 11.0 Å². The summed E-state index contributed by atoms with van der Waals surface area (Å²) in [6.07, 6.45) is 0. The molecule has 0 saturated heterocycles. The maximum atomic E-state index is 2.33. The molecule has 0 saturated carbocycles. The van der Waals surface area contributed by atoms with Crippen molar-refractivity contribution in [3.05, 3.63) is 154 Å². The smallest absolute Gasteiger partial charge is 0.457 e. The summed E-state index contributed by atoms with van der Waals surface area (Å²) in [5, 5.41) is 0. The van der Waals surface area contributed by atoms with Crippen LogP contribution in [-0.4, -0.2) is 33.0 Å². The van der Waals surface area contributed by atoms with Crippen molar-refractivity contribution in [2.45, 2.75) is 158 Å². The zero-order valence-electron chi connectivity index (χ0n) is 42.2. The molecule has 6 N–H and O–H groups in total. The van der Waals surface area contributed by atoms with Crippen molar-refractivity contribution >= 4 is 41.8 Å². The van der Waals surface area contributed by atoms with Gasteiger partial charge in [0.05, 0.1) is 0 Å². The molecular formula is C60H80Ge2O2+2. The molecule has 0 spiro atoms. The van der Waals surface area contributed by atoms with E-state index >= 15 is 0 Å². The Labute approximate surface area is 406 Å². The van der Waals surface area contributed by atoms with Gasteiger partial charge in [0.2, 0.25) is 0 Å². The molecule has 0 fully saturated rings. The summed E-state index contributed by atoms with van der Waals surface area (Å²) in [6.45, 7) is 37.0. The third kappa shape index (κ3) is 11.6. The first-order valence-corrected chi connectivity index (χ1v) is 25.6. The molecule has 6 rings (SSSR count). The van der Waals surface area contributed by atoms with Gasteiger partial charge in [0.15, 0.2) is 0 Å². The summed E-state index contributed by atoms with van der Waals surface area (Å²) >= 11 is 4.65. The van der Waals surface area contributed by atoms with Gasteiger partial charge in [0.1, 0.15) is 0 Å². The molecular weight excluding hydrogens is 898 g/mol. The standard InChI is InChI=1S/2C30H37Ge.2H2O/c2*1-18(2)22-12-9-13-23(19(3)4)28(22)26-16-11-17-27(30(26)31)29-24(20(5)6)14-10-15-25(29)21(7)8;;/h2*9-21H,1-8H3;2*1H2/p+2. The molecule has 0 aliphatic rings. The van der Waals surface area contributed by atoms with E-state index in [1.165, 1.54) is 97.8 Å². The van der Waals surface area contributed by atoms with E-state index < -0.39 is 0 Å². The Balaban J connectivity index is 0.000000330. The number of hydrogen-bond donors (Lipinski definition) is 0. The molecule has 0 atom stereocenters. The topological polar surface area (TPSA) is 66.0 Å². The zero-order valence-corrected chi connectivity index (χ0v) is 46.4. The zero-order chi connectivity index (χ0) is 45.7. The average molecular weight is 979 g/mol. The Morgan fingerprint density at radius 1 is 0.234 bits per heavy atom. The fourth-order valence-corrected chi connectivity index (χ4v) is 11.1. The summed E-state index contributed by atoms with van der Waals surface area (Å²) < 4.78 is 2.79. The van der Waals surface area contributed by atoms with Gasteiger partial charge in [-0.1, -0.05) is 0 Å². The first-order chi connectivity index (χ1) is 29.3. The van der Waals surface area contributed by atoms with Crippen molar-refractivity contribution < 1.29 is 11.0 Å². The molecule has 0 aliphatic carbocycles. The molecule has 0 amide bonds. The van der Waals surface area contributed by atoms with Gasteiger partial charge in [-0.2, -0.15) is 0 Å². The molecule has 6 aromatic rings. The van der Waals surface area contributed by atoms with Crippen molar-refractivity contribution in [1.82, 2.24) is 0 Å². The molecule has 0 heterocycles. The van der Waals surface area contributed by atoms with E-state index in [1.54, 1.807) is 0 Å². The summed E-state index contributed by atoms with van der Waals surface area (Å²) in [5.41, 5.74) is 22.9. The summed E-state index contributed by atoms with van der Waals surface area (Å²) in [6, 6.07) is 41.3. The van der Waals surface area contributed by atoms with Crippen LogP contribution in [0, 0.1) is 0 Å². The third-order valence-electron chi connectivity index (χ3n) is 12.7. The van der Waals surface area contributed by atoms with Crippen molar-refractivity contribution in [2.75, 3.05) is 0 Å². The van der Waals surface area contributed by atoms with Crippen LogP contribution in [0.1, 0.15) is 203 Å². The molecule has 0 aliphatic heterocycles. The van der Waals surface area contributed by atoms with Crippen molar-refractivity contribution in [2.24, 2.45) is 0 Å². The van der Waals surface area contributed by atoms with Gasteiger partial charge in [0.25, 0.3) is 0 Å². The van der Waals surface area contributed by atoms with Crippen LogP contribution in [0.15, 0.2) is 109 Å². The van der Waals surface area contributed by atoms with E-state index in [4.69, 9.17) is 0 Å². The second-order valence-electron chi connectivity index (χ2n) is 19.9. The number of hydrogen-bond acceptors (Lipinski definition) is 0. The van der Waals surface area contributed by atoms with Crippen LogP contribution in [0.3, 0.4) is 0 Å². The Morgan fingerprint density at radius 3 is 0.484 bits per heavy atom. The first kappa shape index (κ1) is 54.7. The van der Waals surface area contributed by atoms with E-state index in [2.05, 4.69) is 253 Å². The Kier molecular flexibility index (Phi) is 20.2. The van der Waals surface area contributed by atoms with Crippen LogP contribution in [0.2, 0.25) is 0 Å². The Hall–Kier alpha value is -3.67. The van der Waals surface area contributed by atoms with Crippen LogP contribution in [-0.2, 0) is 11.0 Å². The van der Waals surface area contributed by atoms with E-state index in [0.717, 1.165) is 0 Å². The van der Waals surface area contributed by atoms with Crippen LogP contribution >= 0.6 is 0 Å². The van der Waals surface area contributed by atoms with Gasteiger partial charge in [-0.3, -0.25) is 0 Å². The summed E-state index contributed by atoms with van der Waals surface area (Å²) in [7, 11) is 0. The first-order valence-electron chi connectivity index (χ1n) is 23.5. The van der Waals surface area contributed by atoms with Gasteiger partial charge < -0.3 is 11.0 Å². The minimum atomic E-state index is 0. The maximum absolute atomic E-state index is 2.33. The third-order valence-corrected chi connectivity index (χ3v) is 15.0. The number of benzene rings is 6. The molecule has 0 aromatic heterocycles. The minimum Gasteiger partial charge on any atom is -0.457 e. The number of rotatable bonds is 12. The van der Waals surface area contributed by atoms with Crippen molar-refractivity contribution in [1.29, 1.82) is 0 Å². The van der Waals surface area contributed by atoms with E-state index in [1.807, 2.05) is 0 Å². The van der Waals surface area contributed by atoms with E-state index in [9.17, 15) is 0 Å². The van der Waals surface area contributed by atoms with Crippen LogP contribution in [0.25, 0.3) is 44.5 Å². The van der Waals surface area contributed by atoms with Gasteiger partial charge in [-0.15, -0.1) is 0 Å². The predicted molar refractivity (Wildman–Crippen MR) is 288 cm³/mol. The normalized spacial score (nSPS) is 11.5. The van der Waals surface area contributed by atoms with Gasteiger partial charge in [0, 0.05) is 0 Å². The van der Waals surface area contributed by atoms with Crippen LogP contribution in [0.4, 0.5) is 0 Å². The Bertz CT molecular complexity index is 2020. The van der Waals surface area contributed by atoms with Gasteiger partial charge in [-0.25, -0.2) is 0 Å². The second kappa shape index (κ2) is 23.7. The largest absolute Gasteiger partial charge is 0.457 e. The summed E-state index contributed by atoms with van der Waals surface area (Å²) in [5.74, 6) is 3.93. The molecule has 6 aromatic carbocycles. The SMILES string of the molecule is CC(C)c1cccc(C(C)C)c1-c1cccc(-c2c(C(C)C)cccc2C(C)C)[c]1[Ge].CC(C)c1cccc(C(C)C)c1-c1cccc(-c2c(C(C)C)cccc2C(C)C)[c]1[Ge].[OH3+].[OH3+]. The average Bonchev–Trinajstić information content (AvgIpc) is 3.22. The molecule has 0 unspecified atom stereocenters. The Morgan fingerprint density at radius 2 is 0.359 bits per heavy atom.